The van der Waals surface area contributed by atoms with Crippen LogP contribution in [0.25, 0.3) is 0 Å². The van der Waals surface area contributed by atoms with Crippen molar-refractivity contribution in [3.8, 4) is 0 Å². The number of aliphatic hydroxyl groups excluding tert-OH is 5. The summed E-state index contributed by atoms with van der Waals surface area (Å²) in [5, 5.41) is 50.0. The van der Waals surface area contributed by atoms with Crippen LogP contribution in [0.15, 0.2) is 36.5 Å². The molecule has 0 heterocycles. The number of phosphoric ester groups is 1. The molecule has 332 valence electrons. The number of hydrogen-bond acceptors (Lipinski definition) is 12. The topological polar surface area (TPSA) is 210 Å². The van der Waals surface area contributed by atoms with Gasteiger partial charge in [0.25, 0.3) is 0 Å². The van der Waals surface area contributed by atoms with Crippen LogP contribution in [0.1, 0.15) is 168 Å². The summed E-state index contributed by atoms with van der Waals surface area (Å²) in [6, 6.07) is 0. The van der Waals surface area contributed by atoms with Crippen molar-refractivity contribution in [1.82, 2.24) is 0 Å². The third kappa shape index (κ3) is 26.7. The maximum atomic E-state index is 12.8. The standard InChI is InChI=1S/C43H77O13P/c1-3-5-7-9-11-13-15-17-18-20-21-23-25-27-29-31-36(44)53-33-35(34-54-57(51,52)56-43-41(49)39(47)38(46)40(48)42(43)50)55-37(45)32-30-28-26-24-22-19-16-14-12-10-8-6-4-2/h14,16,25,27,29,31,35,38-43,46-50H,3-13,15,17-24,26,28,30,32-34H2,1-2H3,(H,51,52)/b16-14+,27-25+,31-29+/t35-,38?,39-,40?,41?,42?,43?/m0/s1. The Hall–Kier alpha value is -1.93. The number of rotatable bonds is 35. The molecule has 0 spiro atoms. The summed E-state index contributed by atoms with van der Waals surface area (Å²) in [5.41, 5.74) is 0. The Morgan fingerprint density at radius 3 is 1.54 bits per heavy atom. The molecule has 6 unspecified atom stereocenters. The Morgan fingerprint density at radius 1 is 0.579 bits per heavy atom. The molecule has 1 fully saturated rings. The zero-order valence-electron chi connectivity index (χ0n) is 34.9. The molecule has 0 amide bonds. The van der Waals surface area contributed by atoms with Crippen molar-refractivity contribution in [2.75, 3.05) is 13.2 Å². The predicted molar refractivity (Wildman–Crippen MR) is 221 cm³/mol. The first-order valence-electron chi connectivity index (χ1n) is 21.8. The van der Waals surface area contributed by atoms with E-state index < -0.39 is 75.7 Å². The number of aliphatic hydroxyl groups is 5. The van der Waals surface area contributed by atoms with Gasteiger partial charge in [-0.05, 0) is 44.9 Å². The lowest BCUT2D eigenvalue weighted by Crippen LogP contribution is -2.64. The first kappa shape index (κ1) is 53.1. The molecule has 1 aliphatic rings. The van der Waals surface area contributed by atoms with Crippen molar-refractivity contribution in [2.24, 2.45) is 0 Å². The average Bonchev–Trinajstić information content (AvgIpc) is 3.19. The van der Waals surface area contributed by atoms with E-state index in [4.69, 9.17) is 18.5 Å². The summed E-state index contributed by atoms with van der Waals surface area (Å²) in [5.74, 6) is -1.36. The Balaban J connectivity index is 2.55. The zero-order valence-corrected chi connectivity index (χ0v) is 35.8. The third-order valence-electron chi connectivity index (χ3n) is 10.1. The van der Waals surface area contributed by atoms with Gasteiger partial charge in [0.1, 0.15) is 43.2 Å². The second-order valence-corrected chi connectivity index (χ2v) is 16.7. The molecule has 13 nitrogen and oxygen atoms in total. The molecule has 57 heavy (non-hydrogen) atoms. The fourth-order valence-corrected chi connectivity index (χ4v) is 7.46. The highest BCUT2D eigenvalue weighted by molar-refractivity contribution is 7.47. The number of carbonyl (C=O) groups excluding carboxylic acids is 2. The van der Waals surface area contributed by atoms with E-state index in [0.29, 0.717) is 6.42 Å². The van der Waals surface area contributed by atoms with Crippen LogP contribution in [0.2, 0.25) is 0 Å². The average molecular weight is 833 g/mol. The van der Waals surface area contributed by atoms with E-state index in [1.165, 1.54) is 89.5 Å². The highest BCUT2D eigenvalue weighted by atomic mass is 31.2. The summed E-state index contributed by atoms with van der Waals surface area (Å²) in [4.78, 5) is 35.5. The maximum Gasteiger partial charge on any atom is 0.472 e. The van der Waals surface area contributed by atoms with E-state index in [-0.39, 0.29) is 6.42 Å². The second-order valence-electron chi connectivity index (χ2n) is 15.3. The second kappa shape index (κ2) is 33.9. The van der Waals surface area contributed by atoms with Crippen molar-refractivity contribution in [1.29, 1.82) is 0 Å². The molecular formula is C43H77O13P. The van der Waals surface area contributed by atoms with Crippen molar-refractivity contribution >= 4 is 19.8 Å². The van der Waals surface area contributed by atoms with Gasteiger partial charge < -0.3 is 39.9 Å². The minimum Gasteiger partial charge on any atom is -0.458 e. The molecule has 0 aromatic rings. The number of carbonyl (C=O) groups is 2. The van der Waals surface area contributed by atoms with Crippen LogP contribution in [0, 0.1) is 0 Å². The van der Waals surface area contributed by atoms with Gasteiger partial charge in [-0.25, -0.2) is 9.36 Å². The van der Waals surface area contributed by atoms with Crippen molar-refractivity contribution < 1.29 is 63.1 Å². The van der Waals surface area contributed by atoms with Gasteiger partial charge in [0.2, 0.25) is 0 Å². The normalized spacial score (nSPS) is 23.0. The van der Waals surface area contributed by atoms with Gasteiger partial charge in [0.05, 0.1) is 6.61 Å². The quantitative estimate of drug-likeness (QED) is 0.00900. The van der Waals surface area contributed by atoms with E-state index in [0.717, 1.165) is 57.8 Å². The van der Waals surface area contributed by atoms with Crippen LogP contribution in [0.4, 0.5) is 0 Å². The van der Waals surface area contributed by atoms with E-state index in [9.17, 15) is 44.6 Å². The lowest BCUT2D eigenvalue weighted by molar-refractivity contribution is -0.220. The number of esters is 2. The molecule has 0 aromatic heterocycles. The van der Waals surface area contributed by atoms with Gasteiger partial charge in [-0.15, -0.1) is 0 Å². The van der Waals surface area contributed by atoms with Gasteiger partial charge in [0.15, 0.2) is 6.10 Å². The monoisotopic (exact) mass is 833 g/mol. The van der Waals surface area contributed by atoms with E-state index in [1.54, 1.807) is 12.2 Å². The van der Waals surface area contributed by atoms with Gasteiger partial charge in [0, 0.05) is 12.5 Å². The zero-order chi connectivity index (χ0) is 42.2. The summed E-state index contributed by atoms with van der Waals surface area (Å²) in [7, 11) is -5.13. The van der Waals surface area contributed by atoms with E-state index in [1.807, 2.05) is 6.08 Å². The lowest BCUT2D eigenvalue weighted by atomic mass is 9.85. The van der Waals surface area contributed by atoms with E-state index in [2.05, 4.69) is 26.0 Å². The van der Waals surface area contributed by atoms with Gasteiger partial charge in [-0.1, -0.05) is 147 Å². The molecule has 1 aliphatic carbocycles. The van der Waals surface area contributed by atoms with E-state index >= 15 is 0 Å². The molecular weight excluding hydrogens is 755 g/mol. The van der Waals surface area contributed by atoms with Crippen molar-refractivity contribution in [3.05, 3.63) is 36.5 Å². The Bertz CT molecular complexity index is 1150. The highest BCUT2D eigenvalue weighted by Crippen LogP contribution is 2.47. The molecule has 0 saturated heterocycles. The summed E-state index contributed by atoms with van der Waals surface area (Å²) < 4.78 is 33.2. The molecule has 6 N–H and O–H groups in total. The Kier molecular flexibility index (Phi) is 31.5. The smallest absolute Gasteiger partial charge is 0.458 e. The Morgan fingerprint density at radius 2 is 1.02 bits per heavy atom. The predicted octanol–water partition coefficient (Wildman–Crippen LogP) is 7.83. The minimum atomic E-state index is -5.13. The minimum absolute atomic E-state index is 0.0672. The third-order valence-corrected chi connectivity index (χ3v) is 11.0. The van der Waals surface area contributed by atoms with Crippen LogP contribution < -0.4 is 0 Å². The highest BCUT2D eigenvalue weighted by Gasteiger charge is 2.51. The molecule has 14 heteroatoms. The number of phosphoric acid groups is 1. The van der Waals surface area contributed by atoms with Crippen LogP contribution in [0.3, 0.4) is 0 Å². The summed E-state index contributed by atoms with van der Waals surface area (Å²) >= 11 is 0. The molecule has 0 radical (unpaired) electrons. The summed E-state index contributed by atoms with van der Waals surface area (Å²) in [6.45, 7) is 3.15. The molecule has 1 saturated carbocycles. The van der Waals surface area contributed by atoms with Crippen molar-refractivity contribution in [2.45, 2.75) is 211 Å². The number of hydrogen-bond donors (Lipinski definition) is 6. The largest absolute Gasteiger partial charge is 0.472 e. The molecule has 1 rings (SSSR count). The molecule has 0 aromatic carbocycles. The number of ether oxygens (including phenoxy) is 2. The van der Waals surface area contributed by atoms with Crippen LogP contribution in [0.5, 0.6) is 0 Å². The molecule has 0 aliphatic heterocycles. The fourth-order valence-electron chi connectivity index (χ4n) is 6.49. The lowest BCUT2D eigenvalue weighted by Gasteiger charge is -2.41. The van der Waals surface area contributed by atoms with Crippen LogP contribution >= 0.6 is 7.82 Å². The molecule has 8 atom stereocenters. The fraction of sp³-hybridized carbons (Fsp3) is 0.814. The SMILES string of the molecule is CCCCCC/C=C/CCCCCCCC(=O)O[C@@H](COC(=O)/C=C/C=C/CCCCCCCCCCCCC)COP(=O)(O)OC1C(O)C(O)C(O)[C@H](O)C1O. The van der Waals surface area contributed by atoms with Crippen molar-refractivity contribution in [3.63, 3.8) is 0 Å². The first-order valence-corrected chi connectivity index (χ1v) is 23.3. The number of unbranched alkanes of at least 4 members (excludes halogenated alkanes) is 20. The summed E-state index contributed by atoms with van der Waals surface area (Å²) in [6.07, 6.45) is 24.1. The first-order chi connectivity index (χ1) is 27.4. The van der Waals surface area contributed by atoms with Gasteiger partial charge in [-0.2, -0.15) is 0 Å². The van der Waals surface area contributed by atoms with Crippen LogP contribution in [-0.2, 0) is 32.7 Å². The molecule has 0 bridgehead atoms. The number of allylic oxidation sites excluding steroid dienone is 5. The maximum absolute atomic E-state index is 12.8. The van der Waals surface area contributed by atoms with Gasteiger partial charge in [-0.3, -0.25) is 13.8 Å². The van der Waals surface area contributed by atoms with Crippen LogP contribution in [-0.4, -0.2) is 98.3 Å². The van der Waals surface area contributed by atoms with Gasteiger partial charge >= 0.3 is 19.8 Å². The Labute approximate surface area is 342 Å².